The van der Waals surface area contributed by atoms with Crippen LogP contribution in [0.4, 0.5) is 0 Å². The maximum atomic E-state index is 12.1. The van der Waals surface area contributed by atoms with Gasteiger partial charge in [0.2, 0.25) is 5.91 Å². The minimum atomic E-state index is 0. The molecule has 3 aliphatic rings. The molecule has 0 spiro atoms. The van der Waals surface area contributed by atoms with E-state index < -0.39 is 0 Å². The third-order valence-corrected chi connectivity index (χ3v) is 5.54. The largest absolute Gasteiger partial charge is 0.354 e. The number of halogens is 1. The maximum Gasteiger partial charge on any atom is 0.237 e. The Morgan fingerprint density at radius 2 is 1.82 bits per heavy atom. The van der Waals surface area contributed by atoms with Crippen LogP contribution in [0, 0.1) is 11.8 Å². The highest BCUT2D eigenvalue weighted by atomic mass is 35.5. The number of piperidine rings is 1. The molecule has 128 valence electrons. The summed E-state index contributed by atoms with van der Waals surface area (Å²) in [6, 6.07) is 0.0724. The van der Waals surface area contributed by atoms with Gasteiger partial charge in [-0.05, 0) is 63.5 Å². The molecule has 4 nitrogen and oxygen atoms in total. The predicted octanol–water partition coefficient (Wildman–Crippen LogP) is 2.18. The molecule has 22 heavy (non-hydrogen) atoms. The quantitative estimate of drug-likeness (QED) is 0.812. The number of likely N-dealkylation sites (tertiary alicyclic amines) is 1. The summed E-state index contributed by atoms with van der Waals surface area (Å²) in [7, 11) is 0. The van der Waals surface area contributed by atoms with Crippen molar-refractivity contribution in [1.82, 2.24) is 15.5 Å². The van der Waals surface area contributed by atoms with E-state index in [1.54, 1.807) is 0 Å². The normalized spacial score (nSPS) is 30.2. The fourth-order valence-corrected chi connectivity index (χ4v) is 4.32. The number of nitrogens with zero attached hydrogens (tertiary/aromatic N) is 1. The monoisotopic (exact) mass is 329 g/mol. The molecule has 1 saturated carbocycles. The van der Waals surface area contributed by atoms with E-state index in [-0.39, 0.29) is 24.4 Å². The molecule has 2 saturated heterocycles. The van der Waals surface area contributed by atoms with E-state index >= 15 is 0 Å². The van der Waals surface area contributed by atoms with E-state index in [4.69, 9.17) is 0 Å². The summed E-state index contributed by atoms with van der Waals surface area (Å²) in [6.07, 6.45) is 10.5. The van der Waals surface area contributed by atoms with Crippen molar-refractivity contribution < 1.29 is 4.79 Å². The average Bonchev–Trinajstić information content (AvgIpc) is 3.18. The minimum absolute atomic E-state index is 0. The van der Waals surface area contributed by atoms with Crippen LogP contribution < -0.4 is 10.6 Å². The van der Waals surface area contributed by atoms with Crippen molar-refractivity contribution in [3.63, 3.8) is 0 Å². The second-order valence-corrected chi connectivity index (χ2v) is 7.31. The van der Waals surface area contributed by atoms with Crippen LogP contribution in [-0.2, 0) is 4.79 Å². The van der Waals surface area contributed by atoms with Gasteiger partial charge in [-0.2, -0.15) is 0 Å². The summed E-state index contributed by atoms with van der Waals surface area (Å²) in [5, 5.41) is 6.46. The molecule has 3 fully saturated rings. The van der Waals surface area contributed by atoms with Gasteiger partial charge in [0, 0.05) is 19.6 Å². The third-order valence-electron chi connectivity index (χ3n) is 5.54. The molecule has 0 radical (unpaired) electrons. The molecule has 2 heterocycles. The zero-order valence-corrected chi connectivity index (χ0v) is 14.5. The van der Waals surface area contributed by atoms with Crippen molar-refractivity contribution in [2.75, 3.05) is 32.7 Å². The molecule has 0 aromatic rings. The van der Waals surface area contributed by atoms with Crippen molar-refractivity contribution in [3.05, 3.63) is 0 Å². The van der Waals surface area contributed by atoms with Crippen LogP contribution in [0.2, 0.25) is 0 Å². The summed E-state index contributed by atoms with van der Waals surface area (Å²) < 4.78 is 0. The van der Waals surface area contributed by atoms with Gasteiger partial charge in [-0.15, -0.1) is 12.4 Å². The fourth-order valence-electron chi connectivity index (χ4n) is 4.32. The van der Waals surface area contributed by atoms with Crippen LogP contribution in [0.15, 0.2) is 0 Å². The van der Waals surface area contributed by atoms with Crippen LogP contribution in [0.5, 0.6) is 0 Å². The molecule has 5 heteroatoms. The first kappa shape index (κ1) is 18.0. The number of amides is 1. The molecule has 2 unspecified atom stereocenters. The molecule has 1 amide bonds. The number of carbonyl (C=O) groups is 1. The Morgan fingerprint density at radius 3 is 2.55 bits per heavy atom. The molecule has 2 atom stereocenters. The summed E-state index contributed by atoms with van der Waals surface area (Å²) in [4.78, 5) is 14.7. The van der Waals surface area contributed by atoms with Crippen LogP contribution in [0.3, 0.4) is 0 Å². The first-order valence-electron chi connectivity index (χ1n) is 9.05. The fraction of sp³-hybridized carbons (Fsp3) is 0.941. The average molecular weight is 330 g/mol. The minimum Gasteiger partial charge on any atom is -0.354 e. The van der Waals surface area contributed by atoms with Gasteiger partial charge in [0.15, 0.2) is 0 Å². The highest BCUT2D eigenvalue weighted by Gasteiger charge is 2.26. The second-order valence-electron chi connectivity index (χ2n) is 7.31. The predicted molar refractivity (Wildman–Crippen MR) is 92.4 cm³/mol. The first-order valence-corrected chi connectivity index (χ1v) is 9.05. The lowest BCUT2D eigenvalue weighted by Crippen LogP contribution is -2.46. The van der Waals surface area contributed by atoms with Crippen molar-refractivity contribution >= 4 is 18.3 Å². The molecular weight excluding hydrogens is 298 g/mol. The van der Waals surface area contributed by atoms with Crippen LogP contribution in [0.1, 0.15) is 51.4 Å². The van der Waals surface area contributed by atoms with Gasteiger partial charge >= 0.3 is 0 Å². The number of rotatable bonds is 5. The van der Waals surface area contributed by atoms with Gasteiger partial charge in [0.1, 0.15) is 0 Å². The molecular formula is C17H32ClN3O. The van der Waals surface area contributed by atoms with Crippen molar-refractivity contribution in [2.45, 2.75) is 57.4 Å². The Kier molecular flexibility index (Phi) is 7.45. The van der Waals surface area contributed by atoms with Crippen LogP contribution in [-0.4, -0.2) is 49.6 Å². The van der Waals surface area contributed by atoms with Gasteiger partial charge in [0.05, 0.1) is 6.04 Å². The molecule has 2 aliphatic heterocycles. The first-order chi connectivity index (χ1) is 10.3. The van der Waals surface area contributed by atoms with Gasteiger partial charge in [-0.1, -0.05) is 12.8 Å². The smallest absolute Gasteiger partial charge is 0.237 e. The van der Waals surface area contributed by atoms with E-state index in [1.165, 1.54) is 58.2 Å². The number of hydrogen-bond donors (Lipinski definition) is 2. The standard InChI is InChI=1S/C17H31N3O.ClH/c21-17(16-8-3-9-18-16)19-11-15-7-4-10-20(13-15)12-14-5-1-2-6-14;/h14-16,18H,1-13H2,(H,19,21);1H. The second kappa shape index (κ2) is 9.09. The van der Waals surface area contributed by atoms with Crippen molar-refractivity contribution in [2.24, 2.45) is 11.8 Å². The van der Waals surface area contributed by atoms with Crippen LogP contribution >= 0.6 is 12.4 Å². The molecule has 0 bridgehead atoms. The van der Waals surface area contributed by atoms with Gasteiger partial charge < -0.3 is 15.5 Å². The summed E-state index contributed by atoms with van der Waals surface area (Å²) in [5.74, 6) is 1.83. The molecule has 3 rings (SSSR count). The summed E-state index contributed by atoms with van der Waals surface area (Å²) in [6.45, 7) is 5.63. The maximum absolute atomic E-state index is 12.1. The Balaban J connectivity index is 0.00000176. The summed E-state index contributed by atoms with van der Waals surface area (Å²) >= 11 is 0. The van der Waals surface area contributed by atoms with Gasteiger partial charge in [0.25, 0.3) is 0 Å². The van der Waals surface area contributed by atoms with Crippen molar-refractivity contribution in [3.8, 4) is 0 Å². The van der Waals surface area contributed by atoms with Crippen molar-refractivity contribution in [1.29, 1.82) is 0 Å². The molecule has 0 aromatic heterocycles. The van der Waals surface area contributed by atoms with E-state index in [1.807, 2.05) is 0 Å². The van der Waals surface area contributed by atoms with Gasteiger partial charge in [-0.3, -0.25) is 4.79 Å². The van der Waals surface area contributed by atoms with E-state index in [2.05, 4.69) is 15.5 Å². The van der Waals surface area contributed by atoms with E-state index in [9.17, 15) is 4.79 Å². The lowest BCUT2D eigenvalue weighted by molar-refractivity contribution is -0.123. The third kappa shape index (κ3) is 5.10. The Hall–Kier alpha value is -0.320. The number of hydrogen-bond acceptors (Lipinski definition) is 3. The topological polar surface area (TPSA) is 44.4 Å². The molecule has 2 N–H and O–H groups in total. The Morgan fingerprint density at radius 1 is 1.05 bits per heavy atom. The Labute approximate surface area is 141 Å². The zero-order valence-electron chi connectivity index (χ0n) is 13.7. The lowest BCUT2D eigenvalue weighted by Gasteiger charge is -2.34. The molecule has 1 aliphatic carbocycles. The molecule has 0 aromatic carbocycles. The van der Waals surface area contributed by atoms with E-state index in [0.717, 1.165) is 31.8 Å². The zero-order chi connectivity index (χ0) is 14.5. The number of carbonyl (C=O) groups excluding carboxylic acids is 1. The highest BCUT2D eigenvalue weighted by molar-refractivity contribution is 5.85. The highest BCUT2D eigenvalue weighted by Crippen LogP contribution is 2.27. The number of nitrogens with one attached hydrogen (secondary N) is 2. The Bertz CT molecular complexity index is 341. The SMILES string of the molecule is Cl.O=C(NCC1CCCN(CC2CCCC2)C1)C1CCCN1. The lowest BCUT2D eigenvalue weighted by atomic mass is 9.96. The summed E-state index contributed by atoms with van der Waals surface area (Å²) in [5.41, 5.74) is 0. The van der Waals surface area contributed by atoms with Gasteiger partial charge in [-0.25, -0.2) is 0 Å². The van der Waals surface area contributed by atoms with Crippen LogP contribution in [0.25, 0.3) is 0 Å². The van der Waals surface area contributed by atoms with E-state index in [0.29, 0.717) is 5.92 Å².